The number of nitrogens with one attached hydrogen (secondary N) is 1. The molecule has 1 saturated carbocycles. The summed E-state index contributed by atoms with van der Waals surface area (Å²) in [7, 11) is 0. The third kappa shape index (κ3) is 3.45. The molecule has 0 aromatic carbocycles. The van der Waals surface area contributed by atoms with Gasteiger partial charge in [-0.2, -0.15) is 0 Å². The molecule has 0 radical (unpaired) electrons. The van der Waals surface area contributed by atoms with Gasteiger partial charge in [0.1, 0.15) is 0 Å². The van der Waals surface area contributed by atoms with Gasteiger partial charge >= 0.3 is 127 Å². The van der Waals surface area contributed by atoms with Crippen LogP contribution in [0, 0.1) is 5.92 Å². The van der Waals surface area contributed by atoms with E-state index < -0.39 is 0 Å². The molecule has 0 aromatic heterocycles. The molecule has 6 heteroatoms. The van der Waals surface area contributed by atoms with Crippen LogP contribution < -0.4 is 5.32 Å². The van der Waals surface area contributed by atoms with E-state index in [4.69, 9.17) is 0 Å². The molecule has 2 fully saturated rings. The van der Waals surface area contributed by atoms with Gasteiger partial charge in [0, 0.05) is 0 Å². The van der Waals surface area contributed by atoms with E-state index in [0.717, 1.165) is 43.0 Å². The average molecular weight is 449 g/mol. The van der Waals surface area contributed by atoms with Gasteiger partial charge in [-0.15, -0.1) is 0 Å². The average Bonchev–Trinajstić information content (AvgIpc) is 2.55. The zero-order chi connectivity index (χ0) is 14.0. The Morgan fingerprint density at radius 1 is 1.47 bits per heavy atom. The molecule has 4 nitrogen and oxygen atoms in total. The summed E-state index contributed by atoms with van der Waals surface area (Å²) in [5.41, 5.74) is 1.08. The number of carbonyl (C=O) groups excluding carboxylic acids is 2. The van der Waals surface area contributed by atoms with Crippen LogP contribution in [0.25, 0.3) is 0 Å². The number of aliphatic hydroxyl groups is 1. The molecule has 0 spiro atoms. The van der Waals surface area contributed by atoms with E-state index in [1.165, 1.54) is 23.3 Å². The second-order valence-corrected chi connectivity index (χ2v) is 7.39. The maximum atomic E-state index is 11.8. The molecule has 1 aliphatic carbocycles. The van der Waals surface area contributed by atoms with Gasteiger partial charge in [0.2, 0.25) is 0 Å². The van der Waals surface area contributed by atoms with Crippen molar-refractivity contribution >= 4 is 26.8 Å². The third-order valence-corrected chi connectivity index (χ3v) is 6.43. The van der Waals surface area contributed by atoms with Crippen LogP contribution in [0.15, 0.2) is 24.0 Å². The summed E-state index contributed by atoms with van der Waals surface area (Å²) in [4.78, 5) is 23.1. The molecular weight excluding hydrogens is 434 g/mol. The quantitative estimate of drug-likeness (QED) is 0.502. The van der Waals surface area contributed by atoms with Crippen LogP contribution in [-0.4, -0.2) is 25.4 Å². The van der Waals surface area contributed by atoms with Crippen LogP contribution in [0.1, 0.15) is 25.7 Å². The summed E-state index contributed by atoms with van der Waals surface area (Å²) in [5.74, 6) is -0.0311. The molecule has 1 heterocycles. The zero-order valence-electron chi connectivity index (χ0n) is 10.3. The molecule has 0 bridgehead atoms. The molecule has 1 aliphatic heterocycles. The fraction of sp³-hybridized carbons (Fsp3) is 0.462. The minimum atomic E-state index is -0.312. The Kier molecular flexibility index (Phi) is 4.80. The van der Waals surface area contributed by atoms with E-state index in [1.807, 2.05) is 0 Å². The Morgan fingerprint density at radius 2 is 2.21 bits per heavy atom. The number of thioether (sulfide) groups is 1. The first-order valence-electron chi connectivity index (χ1n) is 6.13. The summed E-state index contributed by atoms with van der Waals surface area (Å²) in [5, 5.41) is 11.1. The molecule has 0 aromatic rings. The number of allylic oxidation sites excluding steroid dienone is 2. The van der Waals surface area contributed by atoms with Crippen molar-refractivity contribution in [2.75, 3.05) is 0 Å². The van der Waals surface area contributed by atoms with Crippen molar-refractivity contribution in [1.29, 1.82) is 0 Å². The van der Waals surface area contributed by atoms with Gasteiger partial charge in [-0.1, -0.05) is 0 Å². The first kappa shape index (κ1) is 14.7. The Hall–Kier alpha value is -0.672. The molecule has 2 aliphatic rings. The van der Waals surface area contributed by atoms with Crippen LogP contribution >= 0.6 is 11.8 Å². The number of hydrogen-bond donors (Lipinski definition) is 2. The predicted octanol–water partition coefficient (Wildman–Crippen LogP) is 2.25. The van der Waals surface area contributed by atoms with Gasteiger partial charge in [0.05, 0.1) is 0 Å². The van der Waals surface area contributed by atoms with E-state index in [1.54, 1.807) is 6.08 Å². The molecule has 2 rings (SSSR count). The molecule has 19 heavy (non-hydrogen) atoms. The normalized spacial score (nSPS) is 30.3. The number of imide groups is 1. The zero-order valence-corrected chi connectivity index (χ0v) is 14.1. The first-order valence-corrected chi connectivity index (χ1v) is 8.48. The minimum absolute atomic E-state index is 0.0500. The standard InChI is InChI=1S/C13H15NO3S.W/c1-8(15)6-9-4-2-3-5-10(7-9)11-12(16)14-13(17)18-11;/h6,10-11,15H,1-5H2,(H,14,16,17);/b9-6-;. The Labute approximate surface area is 127 Å². The molecule has 2 unspecified atom stereocenters. The third-order valence-electron chi connectivity index (χ3n) is 3.29. The Bertz CT molecular complexity index is 486. The topological polar surface area (TPSA) is 66.4 Å². The molecule has 2 atom stereocenters. The fourth-order valence-corrected chi connectivity index (χ4v) is 5.27. The van der Waals surface area contributed by atoms with E-state index in [-0.39, 0.29) is 28.1 Å². The van der Waals surface area contributed by atoms with Crippen molar-refractivity contribution in [3.8, 4) is 0 Å². The molecule has 2 N–H and O–H groups in total. The van der Waals surface area contributed by atoms with Crippen LogP contribution in [0.3, 0.4) is 0 Å². The number of rotatable bonds is 2. The summed E-state index contributed by atoms with van der Waals surface area (Å²) in [6.45, 7) is 3.50. The fourth-order valence-electron chi connectivity index (χ4n) is 2.44. The molecule has 102 valence electrons. The van der Waals surface area contributed by atoms with Crippen molar-refractivity contribution in [2.24, 2.45) is 5.92 Å². The van der Waals surface area contributed by atoms with Gasteiger partial charge in [-0.25, -0.2) is 0 Å². The predicted molar refractivity (Wildman–Crippen MR) is 71.7 cm³/mol. The maximum absolute atomic E-state index is 11.8. The van der Waals surface area contributed by atoms with E-state index >= 15 is 0 Å². The second-order valence-electron chi connectivity index (χ2n) is 4.69. The summed E-state index contributed by atoms with van der Waals surface area (Å²) >= 11 is 2.39. The van der Waals surface area contributed by atoms with E-state index in [0.29, 0.717) is 0 Å². The van der Waals surface area contributed by atoms with Gasteiger partial charge in [0.25, 0.3) is 0 Å². The van der Waals surface area contributed by atoms with Crippen molar-refractivity contribution < 1.29 is 34.0 Å². The Morgan fingerprint density at radius 3 is 2.79 bits per heavy atom. The molecule has 2 amide bonds. The van der Waals surface area contributed by atoms with Crippen LogP contribution in [0.4, 0.5) is 4.79 Å². The number of amides is 2. The van der Waals surface area contributed by atoms with Gasteiger partial charge in [0.15, 0.2) is 0 Å². The van der Waals surface area contributed by atoms with E-state index in [2.05, 4.69) is 11.9 Å². The SMILES string of the molecule is C=C(O)/C=C1/CCCCC(C2SC(=O)NC2=O)[C]1=[W]. The van der Waals surface area contributed by atoms with Crippen molar-refractivity contribution in [2.45, 2.75) is 30.9 Å². The van der Waals surface area contributed by atoms with Crippen molar-refractivity contribution in [1.82, 2.24) is 5.32 Å². The van der Waals surface area contributed by atoms with Gasteiger partial charge in [-0.3, -0.25) is 0 Å². The monoisotopic (exact) mass is 449 g/mol. The van der Waals surface area contributed by atoms with Crippen LogP contribution in [0.5, 0.6) is 0 Å². The molecule has 1 saturated heterocycles. The summed E-state index contributed by atoms with van der Waals surface area (Å²) in [6.07, 6.45) is 5.60. The number of carbonyl (C=O) groups is 2. The van der Waals surface area contributed by atoms with Crippen molar-refractivity contribution in [3.63, 3.8) is 0 Å². The van der Waals surface area contributed by atoms with Crippen LogP contribution in [-0.2, 0) is 24.1 Å². The van der Waals surface area contributed by atoms with Crippen molar-refractivity contribution in [3.05, 3.63) is 24.0 Å². The summed E-state index contributed by atoms with van der Waals surface area (Å²) < 4.78 is 1.18. The second kappa shape index (κ2) is 6.19. The van der Waals surface area contributed by atoms with Gasteiger partial charge < -0.3 is 0 Å². The number of aliphatic hydroxyl groups excluding tert-OH is 1. The van der Waals surface area contributed by atoms with Crippen LogP contribution in [0.2, 0.25) is 0 Å². The Balaban J connectivity index is 2.24. The van der Waals surface area contributed by atoms with Gasteiger partial charge in [-0.05, 0) is 0 Å². The summed E-state index contributed by atoms with van der Waals surface area (Å²) in [6, 6.07) is 0. The number of hydrogen-bond acceptors (Lipinski definition) is 4. The van der Waals surface area contributed by atoms with E-state index in [9.17, 15) is 14.7 Å². The first-order chi connectivity index (χ1) is 8.99. The molecular formula is C13H15NO3SW.